The molecule has 9 nitrogen and oxygen atoms in total. The lowest BCUT2D eigenvalue weighted by molar-refractivity contribution is -0.147. The van der Waals surface area contributed by atoms with Gasteiger partial charge in [-0.15, -0.1) is 11.8 Å². The normalized spacial score (nSPS) is 13.8. The van der Waals surface area contributed by atoms with Crippen LogP contribution in [0.15, 0.2) is 48.5 Å². The first kappa shape index (κ1) is 31.6. The van der Waals surface area contributed by atoms with E-state index in [9.17, 15) is 19.2 Å². The number of thioether (sulfide) groups is 1. The van der Waals surface area contributed by atoms with Crippen molar-refractivity contribution in [2.45, 2.75) is 26.4 Å². The zero-order valence-electron chi connectivity index (χ0n) is 22.9. The molecule has 1 saturated heterocycles. The summed E-state index contributed by atoms with van der Waals surface area (Å²) in [6.45, 7) is 8.22. The van der Waals surface area contributed by atoms with E-state index in [1.54, 1.807) is 24.3 Å². The number of aliphatic carboxylic acids is 1. The number of benzene rings is 2. The molecule has 0 saturated carbocycles. The summed E-state index contributed by atoms with van der Waals surface area (Å²) >= 11 is 6.92. The van der Waals surface area contributed by atoms with Crippen molar-refractivity contribution in [2.75, 3.05) is 62.3 Å². The van der Waals surface area contributed by atoms with Gasteiger partial charge in [0.05, 0.1) is 24.2 Å². The molecule has 11 heteroatoms. The maximum atomic E-state index is 13.2. The highest BCUT2D eigenvalue weighted by molar-refractivity contribution is 8.00. The zero-order chi connectivity index (χ0) is 29.1. The van der Waals surface area contributed by atoms with Gasteiger partial charge in [0.25, 0.3) is 5.91 Å². The van der Waals surface area contributed by atoms with Crippen LogP contribution in [-0.4, -0.2) is 102 Å². The molecule has 3 rings (SSSR count). The average Bonchev–Trinajstić information content (AvgIpc) is 2.94. The lowest BCUT2D eigenvalue weighted by Crippen LogP contribution is -2.49. The summed E-state index contributed by atoms with van der Waals surface area (Å²) in [6, 6.07) is 14.8. The van der Waals surface area contributed by atoms with Crippen LogP contribution in [0.5, 0.6) is 0 Å². The number of ether oxygens (including phenoxy) is 1. The lowest BCUT2D eigenvalue weighted by Gasteiger charge is -2.35. The molecule has 1 fully saturated rings. The first-order valence-electron chi connectivity index (χ1n) is 13.3. The minimum atomic E-state index is -1.51. The van der Waals surface area contributed by atoms with Crippen LogP contribution in [0.4, 0.5) is 5.69 Å². The van der Waals surface area contributed by atoms with Crippen molar-refractivity contribution in [2.24, 2.45) is 0 Å². The number of hydrogen-bond acceptors (Lipinski definition) is 7. The molecule has 1 heterocycles. The minimum absolute atomic E-state index is 0.00239. The van der Waals surface area contributed by atoms with Crippen LogP contribution in [0, 0.1) is 0 Å². The second kappa shape index (κ2) is 15.8. The monoisotopic (exact) mass is 589 g/mol. The highest BCUT2D eigenvalue weighted by Crippen LogP contribution is 2.19. The number of ketones is 1. The second-order valence-corrected chi connectivity index (χ2v) is 11.2. The van der Waals surface area contributed by atoms with Gasteiger partial charge in [-0.2, -0.15) is 0 Å². The first-order valence-corrected chi connectivity index (χ1v) is 14.8. The van der Waals surface area contributed by atoms with Gasteiger partial charge in [-0.25, -0.2) is 4.79 Å². The molecule has 1 N–H and O–H groups in total. The number of anilines is 1. The Kier molecular flexibility index (Phi) is 12.5. The Hall–Kier alpha value is -2.92. The van der Waals surface area contributed by atoms with Crippen molar-refractivity contribution in [1.82, 2.24) is 9.80 Å². The van der Waals surface area contributed by atoms with E-state index >= 15 is 0 Å². The molecule has 2 aromatic rings. The van der Waals surface area contributed by atoms with E-state index in [1.807, 2.05) is 43.0 Å². The van der Waals surface area contributed by atoms with Crippen molar-refractivity contribution in [3.05, 3.63) is 64.7 Å². The van der Waals surface area contributed by atoms with Gasteiger partial charge in [-0.1, -0.05) is 23.7 Å². The van der Waals surface area contributed by atoms with Gasteiger partial charge in [0.15, 0.2) is 0 Å². The maximum absolute atomic E-state index is 13.2. The minimum Gasteiger partial charge on any atom is -0.475 e. The van der Waals surface area contributed by atoms with E-state index in [0.29, 0.717) is 30.9 Å². The Morgan fingerprint density at radius 3 is 2.23 bits per heavy atom. The fraction of sp³-hybridized carbons (Fsp3) is 0.448. The number of carboxylic acid groups (broad SMARTS) is 1. The van der Waals surface area contributed by atoms with Crippen LogP contribution < -0.4 is 4.90 Å². The van der Waals surface area contributed by atoms with E-state index in [4.69, 9.17) is 21.4 Å². The highest BCUT2D eigenvalue weighted by Gasteiger charge is 2.23. The maximum Gasteiger partial charge on any atom is 0.373 e. The fourth-order valence-electron chi connectivity index (χ4n) is 4.23. The van der Waals surface area contributed by atoms with Crippen LogP contribution in [0.3, 0.4) is 0 Å². The van der Waals surface area contributed by atoms with Crippen LogP contribution in [0.1, 0.15) is 29.8 Å². The number of piperazine rings is 1. The number of hydrogen-bond donors (Lipinski definition) is 1. The molecule has 2 amide bonds. The van der Waals surface area contributed by atoms with Gasteiger partial charge in [-0.05, 0) is 62.2 Å². The fourth-order valence-corrected chi connectivity index (χ4v) is 5.09. The van der Waals surface area contributed by atoms with Crippen molar-refractivity contribution in [3.8, 4) is 0 Å². The number of carbonyl (C=O) groups excluding carboxylic acids is 3. The van der Waals surface area contributed by atoms with Crippen molar-refractivity contribution >= 4 is 52.6 Å². The molecule has 1 aliphatic rings. The van der Waals surface area contributed by atoms with E-state index in [1.165, 1.54) is 10.5 Å². The Morgan fingerprint density at radius 2 is 1.62 bits per heavy atom. The molecule has 0 atom stereocenters. The van der Waals surface area contributed by atoms with E-state index in [2.05, 4.69) is 4.90 Å². The molecule has 0 unspecified atom stereocenters. The van der Waals surface area contributed by atoms with Crippen LogP contribution in [-0.2, 0) is 25.5 Å². The lowest BCUT2D eigenvalue weighted by atomic mass is 10.1. The number of carboxylic acids is 1. The number of carbonyl (C=O) groups is 4. The summed E-state index contributed by atoms with van der Waals surface area (Å²) in [5.41, 5.74) is 2.38. The molecule has 0 spiro atoms. The number of halogens is 1. The van der Waals surface area contributed by atoms with Gasteiger partial charge >= 0.3 is 5.97 Å². The predicted molar refractivity (Wildman–Crippen MR) is 157 cm³/mol. The Bertz CT molecular complexity index is 1150. The Balaban J connectivity index is 1.54. The van der Waals surface area contributed by atoms with Crippen LogP contribution >= 0.6 is 23.4 Å². The number of Topliss-reactive ketones (excluding diaryl/α,β-unsaturated/α-hetero) is 1. The molecular formula is C29H36ClN3O6S. The number of nitrogens with zero attached hydrogens (tertiary/aromatic N) is 3. The van der Waals surface area contributed by atoms with Crippen molar-refractivity contribution < 1.29 is 29.0 Å². The standard InChI is InChI=1S/C29H36ClN3O6S/c1-21(2)39-18-17-33(27(35)20-40-19-26(34)29(37)38)25-9-5-23(6-10-25)28(36)32-15-13-31(14-16-32)12-11-22-3-7-24(30)8-4-22/h3-10,21H,11-20H2,1-2H3,(H,37,38). The molecule has 0 aromatic heterocycles. The molecule has 40 heavy (non-hydrogen) atoms. The molecular weight excluding hydrogens is 554 g/mol. The quantitative estimate of drug-likeness (QED) is 0.334. The second-order valence-electron chi connectivity index (χ2n) is 9.74. The molecule has 0 radical (unpaired) electrons. The van der Waals surface area contributed by atoms with E-state index < -0.39 is 11.8 Å². The first-order chi connectivity index (χ1) is 19.1. The van der Waals surface area contributed by atoms with Crippen LogP contribution in [0.2, 0.25) is 5.02 Å². The van der Waals surface area contributed by atoms with Gasteiger partial charge in [0.1, 0.15) is 0 Å². The third-order valence-corrected chi connectivity index (χ3v) is 7.65. The zero-order valence-corrected chi connectivity index (χ0v) is 24.5. The van der Waals surface area contributed by atoms with E-state index in [-0.39, 0.29) is 36.0 Å². The van der Waals surface area contributed by atoms with Gasteiger partial charge in [0.2, 0.25) is 11.7 Å². The molecule has 0 bridgehead atoms. The van der Waals surface area contributed by atoms with Gasteiger partial charge < -0.3 is 19.6 Å². The van der Waals surface area contributed by atoms with Gasteiger partial charge in [-0.3, -0.25) is 19.3 Å². The van der Waals surface area contributed by atoms with Gasteiger partial charge in [0, 0.05) is 55.5 Å². The molecule has 0 aliphatic carbocycles. The Labute approximate surface area is 244 Å². The smallest absolute Gasteiger partial charge is 0.373 e. The van der Waals surface area contributed by atoms with Crippen molar-refractivity contribution in [1.29, 1.82) is 0 Å². The third kappa shape index (κ3) is 9.92. The predicted octanol–water partition coefficient (Wildman–Crippen LogP) is 3.49. The summed E-state index contributed by atoms with van der Waals surface area (Å²) in [4.78, 5) is 53.9. The Morgan fingerprint density at radius 1 is 0.975 bits per heavy atom. The average molecular weight is 590 g/mol. The molecule has 1 aliphatic heterocycles. The number of amides is 2. The topological polar surface area (TPSA) is 107 Å². The summed E-state index contributed by atoms with van der Waals surface area (Å²) in [6.07, 6.45) is 0.927. The highest BCUT2D eigenvalue weighted by atomic mass is 35.5. The third-order valence-electron chi connectivity index (χ3n) is 6.48. The summed E-state index contributed by atoms with van der Waals surface area (Å²) < 4.78 is 5.61. The number of rotatable bonds is 14. The summed E-state index contributed by atoms with van der Waals surface area (Å²) in [5, 5.41) is 9.47. The molecule has 216 valence electrons. The van der Waals surface area contributed by atoms with E-state index in [0.717, 1.165) is 42.8 Å². The van der Waals surface area contributed by atoms with Crippen molar-refractivity contribution in [3.63, 3.8) is 0 Å². The summed E-state index contributed by atoms with van der Waals surface area (Å²) in [7, 11) is 0. The molecule has 2 aromatic carbocycles. The SMILES string of the molecule is CC(C)OCCN(C(=O)CSCC(=O)C(=O)O)c1ccc(C(=O)N2CCN(CCc3ccc(Cl)cc3)CC2)cc1. The van der Waals surface area contributed by atoms with Crippen LogP contribution in [0.25, 0.3) is 0 Å². The largest absolute Gasteiger partial charge is 0.475 e. The summed E-state index contributed by atoms with van der Waals surface area (Å²) in [5.74, 6) is -3.11.